The molecular weight excluding hydrogens is 282 g/mol. The minimum atomic E-state index is -0.798. The Bertz CT molecular complexity index is 578. The highest BCUT2D eigenvalue weighted by Gasteiger charge is 2.15. The number of benzene rings is 1. The van der Waals surface area contributed by atoms with Gasteiger partial charge in [-0.1, -0.05) is 56.5 Å². The van der Waals surface area contributed by atoms with Gasteiger partial charge in [0, 0.05) is 10.4 Å². The maximum atomic E-state index is 11.0. The number of unbranched alkanes of at least 4 members (excludes halogenated alkanes) is 3. The minimum Gasteiger partial charge on any atom is -0.481 e. The van der Waals surface area contributed by atoms with Crippen molar-refractivity contribution < 1.29 is 9.90 Å². The van der Waals surface area contributed by atoms with E-state index in [1.807, 2.05) is 30.3 Å². The van der Waals surface area contributed by atoms with Gasteiger partial charge in [0.15, 0.2) is 0 Å². The summed E-state index contributed by atoms with van der Waals surface area (Å²) < 4.78 is 0. The molecule has 0 atom stereocenters. The Hall–Kier alpha value is -1.68. The molecule has 1 heterocycles. The Morgan fingerprint density at radius 2 is 1.95 bits per heavy atom. The van der Waals surface area contributed by atoms with Crippen LogP contribution in [-0.4, -0.2) is 16.1 Å². The van der Waals surface area contributed by atoms with Crippen LogP contribution in [0.5, 0.6) is 0 Å². The van der Waals surface area contributed by atoms with Crippen LogP contribution in [-0.2, 0) is 17.6 Å². The number of hydrogen-bond donors (Lipinski definition) is 1. The van der Waals surface area contributed by atoms with Gasteiger partial charge < -0.3 is 5.11 Å². The monoisotopic (exact) mass is 303 g/mol. The van der Waals surface area contributed by atoms with Gasteiger partial charge in [-0.2, -0.15) is 0 Å². The zero-order valence-corrected chi connectivity index (χ0v) is 13.2. The second kappa shape index (κ2) is 7.93. The van der Waals surface area contributed by atoms with Crippen molar-refractivity contribution >= 4 is 17.3 Å². The molecule has 4 heteroatoms. The number of carbonyl (C=O) groups is 1. The summed E-state index contributed by atoms with van der Waals surface area (Å²) in [6.07, 6.45) is 5.81. The average Bonchev–Trinajstić information content (AvgIpc) is 2.87. The zero-order chi connectivity index (χ0) is 15.1. The molecule has 0 aliphatic carbocycles. The first kappa shape index (κ1) is 15.7. The van der Waals surface area contributed by atoms with Crippen molar-refractivity contribution in [2.45, 2.75) is 45.4 Å². The van der Waals surface area contributed by atoms with E-state index < -0.39 is 5.97 Å². The van der Waals surface area contributed by atoms with E-state index in [1.165, 1.54) is 19.3 Å². The van der Waals surface area contributed by atoms with Gasteiger partial charge >= 0.3 is 5.97 Å². The molecule has 2 rings (SSSR count). The number of aromatic nitrogens is 1. The standard InChI is InChI=1S/C17H21NO2S/c1-2-3-4-8-11-15-18-17(13-9-6-5-7-10-13)14(21-15)12-16(19)20/h5-7,9-10H,2-4,8,11-12H2,1H3,(H,19,20). The molecule has 0 saturated carbocycles. The predicted octanol–water partition coefficient (Wildman–Crippen LogP) is 4.56. The summed E-state index contributed by atoms with van der Waals surface area (Å²) in [5, 5.41) is 10.1. The van der Waals surface area contributed by atoms with E-state index in [9.17, 15) is 4.79 Å². The van der Waals surface area contributed by atoms with Crippen LogP contribution in [0.25, 0.3) is 11.3 Å². The van der Waals surface area contributed by atoms with Gasteiger partial charge in [-0.25, -0.2) is 4.98 Å². The van der Waals surface area contributed by atoms with Gasteiger partial charge in [0.2, 0.25) is 0 Å². The van der Waals surface area contributed by atoms with Gasteiger partial charge in [-0.3, -0.25) is 4.79 Å². The number of carboxylic acids is 1. The Kier molecular flexibility index (Phi) is 5.93. The molecule has 0 amide bonds. The van der Waals surface area contributed by atoms with Gasteiger partial charge in [-0.15, -0.1) is 11.3 Å². The molecule has 0 radical (unpaired) electrons. The molecular formula is C17H21NO2S. The van der Waals surface area contributed by atoms with Crippen LogP contribution in [0.15, 0.2) is 30.3 Å². The van der Waals surface area contributed by atoms with Crippen LogP contribution in [0, 0.1) is 0 Å². The van der Waals surface area contributed by atoms with Crippen LogP contribution in [0.4, 0.5) is 0 Å². The van der Waals surface area contributed by atoms with Crippen molar-refractivity contribution in [1.82, 2.24) is 4.98 Å². The number of thiazole rings is 1. The van der Waals surface area contributed by atoms with Crippen molar-refractivity contribution in [2.75, 3.05) is 0 Å². The fourth-order valence-electron chi connectivity index (χ4n) is 2.29. The number of aryl methyl sites for hydroxylation is 1. The first-order valence-electron chi connectivity index (χ1n) is 7.46. The van der Waals surface area contributed by atoms with E-state index >= 15 is 0 Å². The third-order valence-electron chi connectivity index (χ3n) is 3.34. The van der Waals surface area contributed by atoms with E-state index in [-0.39, 0.29) is 6.42 Å². The molecule has 1 aromatic carbocycles. The van der Waals surface area contributed by atoms with Crippen molar-refractivity contribution in [2.24, 2.45) is 0 Å². The average molecular weight is 303 g/mol. The fraction of sp³-hybridized carbons (Fsp3) is 0.412. The summed E-state index contributed by atoms with van der Waals surface area (Å²) >= 11 is 1.55. The lowest BCUT2D eigenvalue weighted by Gasteiger charge is -1.99. The van der Waals surface area contributed by atoms with Crippen molar-refractivity contribution in [3.8, 4) is 11.3 Å². The Labute approximate surface area is 129 Å². The molecule has 3 nitrogen and oxygen atoms in total. The summed E-state index contributed by atoms with van der Waals surface area (Å²) in [6.45, 7) is 2.20. The lowest BCUT2D eigenvalue weighted by atomic mass is 10.1. The van der Waals surface area contributed by atoms with Crippen molar-refractivity contribution in [1.29, 1.82) is 0 Å². The highest BCUT2D eigenvalue weighted by atomic mass is 32.1. The topological polar surface area (TPSA) is 50.2 Å². The second-order valence-electron chi connectivity index (χ2n) is 5.13. The number of aliphatic carboxylic acids is 1. The van der Waals surface area contributed by atoms with E-state index in [0.29, 0.717) is 0 Å². The highest BCUT2D eigenvalue weighted by molar-refractivity contribution is 7.12. The molecule has 112 valence electrons. The maximum Gasteiger partial charge on any atom is 0.308 e. The Morgan fingerprint density at radius 1 is 1.19 bits per heavy atom. The third-order valence-corrected chi connectivity index (χ3v) is 4.46. The third kappa shape index (κ3) is 4.67. The SMILES string of the molecule is CCCCCCc1nc(-c2ccccc2)c(CC(=O)O)s1. The molecule has 0 spiro atoms. The number of nitrogens with zero attached hydrogens (tertiary/aromatic N) is 1. The summed E-state index contributed by atoms with van der Waals surface area (Å²) in [6, 6.07) is 9.85. The van der Waals surface area contributed by atoms with Gasteiger partial charge in [0.05, 0.1) is 17.1 Å². The zero-order valence-electron chi connectivity index (χ0n) is 12.3. The summed E-state index contributed by atoms with van der Waals surface area (Å²) in [5.41, 5.74) is 1.85. The molecule has 0 saturated heterocycles. The first-order chi connectivity index (χ1) is 10.2. The van der Waals surface area contributed by atoms with Crippen molar-refractivity contribution in [3.63, 3.8) is 0 Å². The van der Waals surface area contributed by atoms with Crippen LogP contribution in [0.3, 0.4) is 0 Å². The lowest BCUT2D eigenvalue weighted by molar-refractivity contribution is -0.136. The lowest BCUT2D eigenvalue weighted by Crippen LogP contribution is -1.99. The normalized spacial score (nSPS) is 10.7. The van der Waals surface area contributed by atoms with Crippen LogP contribution in [0.1, 0.15) is 42.5 Å². The largest absolute Gasteiger partial charge is 0.481 e. The van der Waals surface area contributed by atoms with Gasteiger partial charge in [-0.05, 0) is 12.8 Å². The summed E-state index contributed by atoms with van der Waals surface area (Å²) in [4.78, 5) is 16.6. The summed E-state index contributed by atoms with van der Waals surface area (Å²) in [7, 11) is 0. The second-order valence-corrected chi connectivity index (χ2v) is 6.29. The van der Waals surface area contributed by atoms with E-state index in [0.717, 1.165) is 34.0 Å². The summed E-state index contributed by atoms with van der Waals surface area (Å²) in [5.74, 6) is -0.798. The Balaban J connectivity index is 2.17. The van der Waals surface area contributed by atoms with Crippen LogP contribution < -0.4 is 0 Å². The van der Waals surface area contributed by atoms with Crippen LogP contribution in [0.2, 0.25) is 0 Å². The molecule has 0 bridgehead atoms. The quantitative estimate of drug-likeness (QED) is 0.727. The van der Waals surface area contributed by atoms with Crippen LogP contribution >= 0.6 is 11.3 Å². The van der Waals surface area contributed by atoms with Gasteiger partial charge in [0.25, 0.3) is 0 Å². The van der Waals surface area contributed by atoms with Gasteiger partial charge in [0.1, 0.15) is 0 Å². The Morgan fingerprint density at radius 3 is 2.62 bits per heavy atom. The maximum absolute atomic E-state index is 11.0. The first-order valence-corrected chi connectivity index (χ1v) is 8.28. The molecule has 0 unspecified atom stereocenters. The molecule has 21 heavy (non-hydrogen) atoms. The minimum absolute atomic E-state index is 0.0524. The number of rotatable bonds is 8. The van der Waals surface area contributed by atoms with E-state index in [1.54, 1.807) is 11.3 Å². The molecule has 0 aliphatic heterocycles. The predicted molar refractivity (Wildman–Crippen MR) is 86.7 cm³/mol. The fourth-order valence-corrected chi connectivity index (χ4v) is 3.41. The molecule has 1 aromatic heterocycles. The number of hydrogen-bond acceptors (Lipinski definition) is 3. The van der Waals surface area contributed by atoms with E-state index in [4.69, 9.17) is 5.11 Å². The molecule has 2 aromatic rings. The highest BCUT2D eigenvalue weighted by Crippen LogP contribution is 2.29. The van der Waals surface area contributed by atoms with Crippen molar-refractivity contribution in [3.05, 3.63) is 40.2 Å². The molecule has 0 aliphatic rings. The molecule has 1 N–H and O–H groups in total. The smallest absolute Gasteiger partial charge is 0.308 e. The number of carboxylic acid groups (broad SMARTS) is 1. The van der Waals surface area contributed by atoms with E-state index in [2.05, 4.69) is 11.9 Å². The molecule has 0 fully saturated rings.